The first-order valence-electron chi connectivity index (χ1n) is 14.3. The van der Waals surface area contributed by atoms with Crippen molar-refractivity contribution in [2.75, 3.05) is 26.4 Å². The Labute approximate surface area is 245 Å². The van der Waals surface area contributed by atoms with E-state index in [0.29, 0.717) is 32.7 Å². The Bertz CT molecular complexity index is 1060. The van der Waals surface area contributed by atoms with Gasteiger partial charge in [-0.2, -0.15) is 0 Å². The summed E-state index contributed by atoms with van der Waals surface area (Å²) in [6.45, 7) is 14.7. The van der Waals surface area contributed by atoms with Crippen LogP contribution in [-0.2, 0) is 28.6 Å². The van der Waals surface area contributed by atoms with Gasteiger partial charge in [0.2, 0.25) is 5.91 Å². The van der Waals surface area contributed by atoms with Crippen LogP contribution >= 0.6 is 0 Å². The number of amides is 1. The highest BCUT2D eigenvalue weighted by molar-refractivity contribution is 5.98. The summed E-state index contributed by atoms with van der Waals surface area (Å²) in [4.78, 5) is 40.4. The summed E-state index contributed by atoms with van der Waals surface area (Å²) < 4.78 is 17.3. The molecule has 0 saturated carbocycles. The molecule has 1 amide bonds. The topological polar surface area (TPSA) is 111 Å². The molecule has 2 atom stereocenters. The minimum Gasteiger partial charge on any atom is -0.462 e. The van der Waals surface area contributed by atoms with Gasteiger partial charge in [-0.1, -0.05) is 62.4 Å². The summed E-state index contributed by atoms with van der Waals surface area (Å²) in [5, 5.41) is 9.75. The standard InChI is InChI=1S/C33H49NO7/c1-9-29(34-26(4)35)24(2)20-39-21-28(17-13-16-27-14-11-10-12-15-27)22-41-33(7,8)19-18-30(36)25(3)31(37)40-23-32(5,6)38/h10-17,24-25,38H,9,18-23H2,1-8H3/b16-13+,28-17+,34-29?. The van der Waals surface area contributed by atoms with Crippen molar-refractivity contribution in [3.63, 3.8) is 0 Å². The number of allylic oxidation sites excluding steroid dienone is 2. The normalized spacial score (nSPS) is 14.7. The molecule has 8 heteroatoms. The molecule has 0 fully saturated rings. The molecule has 2 unspecified atom stereocenters. The molecular weight excluding hydrogens is 522 g/mol. The lowest BCUT2D eigenvalue weighted by molar-refractivity contribution is -0.157. The van der Waals surface area contributed by atoms with E-state index in [4.69, 9.17) is 14.2 Å². The third kappa shape index (κ3) is 16.2. The number of ether oxygens (including phenoxy) is 3. The highest BCUT2D eigenvalue weighted by Gasteiger charge is 2.28. The predicted octanol–water partition coefficient (Wildman–Crippen LogP) is 5.77. The molecule has 1 aromatic carbocycles. The first-order chi connectivity index (χ1) is 19.1. The Balaban J connectivity index is 2.79. The van der Waals surface area contributed by atoms with Gasteiger partial charge in [-0.25, -0.2) is 4.99 Å². The minimum atomic E-state index is -1.15. The molecule has 0 aliphatic rings. The van der Waals surface area contributed by atoms with Gasteiger partial charge in [-0.3, -0.25) is 14.4 Å². The number of carbonyl (C=O) groups excluding carboxylic acids is 3. The maximum atomic E-state index is 12.6. The van der Waals surface area contributed by atoms with Gasteiger partial charge in [0.1, 0.15) is 18.3 Å². The zero-order valence-corrected chi connectivity index (χ0v) is 26.1. The van der Waals surface area contributed by atoms with Crippen LogP contribution in [0.1, 0.15) is 80.2 Å². The fourth-order valence-corrected chi connectivity index (χ4v) is 3.71. The van der Waals surface area contributed by atoms with Crippen LogP contribution in [0.25, 0.3) is 6.08 Å². The first-order valence-corrected chi connectivity index (χ1v) is 14.3. The van der Waals surface area contributed by atoms with Gasteiger partial charge in [0.05, 0.1) is 31.0 Å². The van der Waals surface area contributed by atoms with E-state index < -0.39 is 23.1 Å². The summed E-state index contributed by atoms with van der Waals surface area (Å²) in [5.74, 6) is -2.00. The zero-order chi connectivity index (χ0) is 31.1. The van der Waals surface area contributed by atoms with E-state index in [1.807, 2.05) is 76.3 Å². The van der Waals surface area contributed by atoms with E-state index in [2.05, 4.69) is 4.99 Å². The lowest BCUT2D eigenvalue weighted by Crippen LogP contribution is -2.33. The molecule has 0 aromatic heterocycles. The fraction of sp³-hybridized carbons (Fsp3) is 0.576. The van der Waals surface area contributed by atoms with Crippen molar-refractivity contribution in [3.8, 4) is 0 Å². The predicted molar refractivity (Wildman–Crippen MR) is 163 cm³/mol. The molecule has 1 aromatic rings. The van der Waals surface area contributed by atoms with Crippen LogP contribution in [0.4, 0.5) is 0 Å². The smallest absolute Gasteiger partial charge is 0.316 e. The largest absolute Gasteiger partial charge is 0.462 e. The second-order valence-electron chi connectivity index (χ2n) is 11.6. The van der Waals surface area contributed by atoms with Crippen molar-refractivity contribution in [2.24, 2.45) is 16.8 Å². The van der Waals surface area contributed by atoms with E-state index in [9.17, 15) is 19.5 Å². The van der Waals surface area contributed by atoms with Crippen molar-refractivity contribution in [3.05, 3.63) is 53.6 Å². The second-order valence-corrected chi connectivity index (χ2v) is 11.6. The molecule has 0 radical (unpaired) electrons. The Morgan fingerprint density at radius 2 is 1.71 bits per heavy atom. The number of ketones is 1. The van der Waals surface area contributed by atoms with Crippen LogP contribution < -0.4 is 0 Å². The molecule has 0 heterocycles. The van der Waals surface area contributed by atoms with E-state index in [1.165, 1.54) is 27.7 Å². The van der Waals surface area contributed by atoms with Crippen LogP contribution in [0.5, 0.6) is 0 Å². The van der Waals surface area contributed by atoms with Crippen LogP contribution in [0.15, 0.2) is 53.0 Å². The average molecular weight is 572 g/mol. The molecule has 228 valence electrons. The summed E-state index contributed by atoms with van der Waals surface area (Å²) in [6.07, 6.45) is 7.16. The average Bonchev–Trinajstić information content (AvgIpc) is 2.91. The van der Waals surface area contributed by atoms with Crippen molar-refractivity contribution >= 4 is 29.4 Å². The zero-order valence-electron chi connectivity index (χ0n) is 26.1. The molecule has 1 rings (SSSR count). The van der Waals surface area contributed by atoms with Crippen molar-refractivity contribution in [2.45, 2.75) is 85.9 Å². The summed E-state index contributed by atoms with van der Waals surface area (Å²) in [7, 11) is 0. The van der Waals surface area contributed by atoms with Gasteiger partial charge in [-0.05, 0) is 58.6 Å². The molecular formula is C33H49NO7. The lowest BCUT2D eigenvalue weighted by atomic mass is 9.95. The molecule has 8 nitrogen and oxygen atoms in total. The third-order valence-electron chi connectivity index (χ3n) is 6.33. The molecule has 0 aliphatic carbocycles. The lowest BCUT2D eigenvalue weighted by Gasteiger charge is -2.26. The van der Waals surface area contributed by atoms with Gasteiger partial charge in [0, 0.05) is 25.0 Å². The molecule has 0 bridgehead atoms. The maximum Gasteiger partial charge on any atom is 0.316 e. The van der Waals surface area contributed by atoms with Crippen molar-refractivity contribution in [1.82, 2.24) is 0 Å². The highest BCUT2D eigenvalue weighted by Crippen LogP contribution is 2.21. The Morgan fingerprint density at radius 3 is 2.29 bits per heavy atom. The highest BCUT2D eigenvalue weighted by atomic mass is 16.5. The second kappa shape index (κ2) is 17.8. The van der Waals surface area contributed by atoms with E-state index in [0.717, 1.165) is 16.8 Å². The van der Waals surface area contributed by atoms with Crippen LogP contribution in [0.2, 0.25) is 0 Å². The number of benzene rings is 1. The Morgan fingerprint density at radius 1 is 1.05 bits per heavy atom. The summed E-state index contributed by atoms with van der Waals surface area (Å²) in [6, 6.07) is 9.95. The van der Waals surface area contributed by atoms with Crippen molar-refractivity contribution in [1.29, 1.82) is 0 Å². The van der Waals surface area contributed by atoms with Gasteiger partial charge in [0.25, 0.3) is 0 Å². The number of carbonyl (C=O) groups is 3. The van der Waals surface area contributed by atoms with Crippen molar-refractivity contribution < 1.29 is 33.7 Å². The molecule has 41 heavy (non-hydrogen) atoms. The fourth-order valence-electron chi connectivity index (χ4n) is 3.71. The number of aliphatic imine (C=N–C) groups is 1. The number of rotatable bonds is 18. The SMILES string of the molecule is CCC(=NC(C)=O)C(C)COC/C(=C\C=C\c1ccccc1)COC(C)(C)CCC(=O)C(C)C(=O)OCC(C)(C)O. The van der Waals surface area contributed by atoms with E-state index in [-0.39, 0.29) is 30.6 Å². The molecule has 0 saturated heterocycles. The van der Waals surface area contributed by atoms with Gasteiger partial charge in [-0.15, -0.1) is 0 Å². The monoisotopic (exact) mass is 571 g/mol. The minimum absolute atomic E-state index is 0.00510. The van der Waals surface area contributed by atoms with Crippen LogP contribution in [0.3, 0.4) is 0 Å². The Hall–Kier alpha value is -2.94. The number of nitrogens with zero attached hydrogens (tertiary/aromatic N) is 1. The van der Waals surface area contributed by atoms with Crippen LogP contribution in [0, 0.1) is 11.8 Å². The van der Waals surface area contributed by atoms with Gasteiger partial charge >= 0.3 is 5.97 Å². The molecule has 0 spiro atoms. The summed E-state index contributed by atoms with van der Waals surface area (Å²) in [5.41, 5.74) is 1.00. The number of esters is 1. The van der Waals surface area contributed by atoms with Gasteiger partial charge in [0.15, 0.2) is 0 Å². The Kier molecular flexibility index (Phi) is 15.6. The van der Waals surface area contributed by atoms with E-state index in [1.54, 1.807) is 0 Å². The number of Topliss-reactive ketones (excluding diaryl/α,β-unsaturated/α-hetero) is 1. The molecule has 0 aliphatic heterocycles. The summed E-state index contributed by atoms with van der Waals surface area (Å²) >= 11 is 0. The quantitative estimate of drug-likeness (QED) is 0.103. The number of hydrogen-bond donors (Lipinski definition) is 1. The first kappa shape index (κ1) is 36.1. The van der Waals surface area contributed by atoms with Crippen LogP contribution in [-0.4, -0.2) is 66.1 Å². The van der Waals surface area contributed by atoms with E-state index >= 15 is 0 Å². The number of aliphatic hydroxyl groups is 1. The van der Waals surface area contributed by atoms with Gasteiger partial charge < -0.3 is 19.3 Å². The number of hydrogen-bond acceptors (Lipinski definition) is 7. The maximum absolute atomic E-state index is 12.6. The molecule has 1 N–H and O–H groups in total. The third-order valence-corrected chi connectivity index (χ3v) is 6.33.